The van der Waals surface area contributed by atoms with E-state index >= 15 is 0 Å². The highest BCUT2D eigenvalue weighted by Gasteiger charge is 2.28. The second-order valence-electron chi connectivity index (χ2n) is 6.13. The fourth-order valence-electron chi connectivity index (χ4n) is 3.38. The molecule has 3 N–H and O–H groups in total. The average Bonchev–Trinajstić information content (AvgIpc) is 3.27. The molecular formula is C21H15N3O. The minimum absolute atomic E-state index is 0.0785. The zero-order valence-corrected chi connectivity index (χ0v) is 13.3. The topological polar surface area (TPSA) is 56.9 Å². The Hall–Kier alpha value is -3.53. The molecule has 0 radical (unpaired) electrons. The number of carbonyl (C=O) groups is 1. The first-order chi connectivity index (χ1) is 12.3. The van der Waals surface area contributed by atoms with Crippen LogP contribution >= 0.6 is 0 Å². The van der Waals surface area contributed by atoms with E-state index in [2.05, 4.69) is 15.6 Å². The summed E-state index contributed by atoms with van der Waals surface area (Å²) >= 11 is 0. The summed E-state index contributed by atoms with van der Waals surface area (Å²) < 4.78 is 0. The van der Waals surface area contributed by atoms with E-state index in [1.165, 1.54) is 0 Å². The molecule has 25 heavy (non-hydrogen) atoms. The Kier molecular flexibility index (Phi) is 2.91. The van der Waals surface area contributed by atoms with Crippen LogP contribution in [0.4, 0.5) is 11.4 Å². The molecule has 2 aromatic carbocycles. The molecule has 0 aliphatic carbocycles. The lowest BCUT2D eigenvalue weighted by Crippen LogP contribution is -2.11. The van der Waals surface area contributed by atoms with E-state index in [0.29, 0.717) is 5.57 Å². The van der Waals surface area contributed by atoms with Crippen LogP contribution in [0.1, 0.15) is 11.1 Å². The van der Waals surface area contributed by atoms with Crippen LogP contribution in [0, 0.1) is 0 Å². The van der Waals surface area contributed by atoms with Crippen LogP contribution in [0.25, 0.3) is 22.9 Å². The molecule has 1 amide bonds. The largest absolute Gasteiger partial charge is 0.361 e. The summed E-state index contributed by atoms with van der Waals surface area (Å²) in [4.78, 5) is 15.8. The van der Waals surface area contributed by atoms with Crippen molar-refractivity contribution in [3.8, 4) is 11.3 Å². The van der Waals surface area contributed by atoms with Gasteiger partial charge in [0.05, 0.1) is 11.3 Å². The molecule has 0 saturated heterocycles. The zero-order chi connectivity index (χ0) is 16.8. The van der Waals surface area contributed by atoms with Crippen molar-refractivity contribution in [2.75, 3.05) is 10.6 Å². The minimum Gasteiger partial charge on any atom is -0.361 e. The van der Waals surface area contributed by atoms with Gasteiger partial charge in [-0.25, -0.2) is 0 Å². The molecule has 2 aliphatic rings. The van der Waals surface area contributed by atoms with Gasteiger partial charge >= 0.3 is 0 Å². The molecule has 0 fully saturated rings. The molecule has 0 saturated carbocycles. The highest BCUT2D eigenvalue weighted by atomic mass is 16.2. The van der Waals surface area contributed by atoms with Crippen molar-refractivity contribution in [2.24, 2.45) is 0 Å². The van der Waals surface area contributed by atoms with Gasteiger partial charge in [-0.3, -0.25) is 4.79 Å². The third-order valence-corrected chi connectivity index (χ3v) is 4.60. The third-order valence-electron chi connectivity index (χ3n) is 4.60. The third kappa shape index (κ3) is 2.19. The first-order valence-electron chi connectivity index (χ1n) is 8.17. The molecule has 2 aliphatic heterocycles. The fourth-order valence-corrected chi connectivity index (χ4v) is 3.38. The molecule has 4 nitrogen and oxygen atoms in total. The Bertz CT molecular complexity index is 1060. The van der Waals surface area contributed by atoms with E-state index < -0.39 is 0 Å². The first-order valence-corrected chi connectivity index (χ1v) is 8.17. The van der Waals surface area contributed by atoms with E-state index in [1.54, 1.807) is 0 Å². The lowest BCUT2D eigenvalue weighted by Gasteiger charge is -2.17. The molecule has 5 rings (SSSR count). The van der Waals surface area contributed by atoms with E-state index in [1.807, 2.05) is 72.9 Å². The lowest BCUT2D eigenvalue weighted by molar-refractivity contribution is -0.110. The number of fused-ring (bicyclic) bond motifs is 2. The van der Waals surface area contributed by atoms with Gasteiger partial charge in [0.15, 0.2) is 0 Å². The van der Waals surface area contributed by atoms with Gasteiger partial charge in [-0.05, 0) is 35.9 Å². The Labute approximate surface area is 144 Å². The molecule has 120 valence electrons. The Balaban J connectivity index is 1.61. The highest BCUT2D eigenvalue weighted by molar-refractivity contribution is 6.33. The van der Waals surface area contributed by atoms with Gasteiger partial charge < -0.3 is 15.6 Å². The lowest BCUT2D eigenvalue weighted by atomic mass is 9.99. The van der Waals surface area contributed by atoms with Gasteiger partial charge in [0.25, 0.3) is 5.91 Å². The van der Waals surface area contributed by atoms with Crippen molar-refractivity contribution in [2.45, 2.75) is 0 Å². The number of H-pyrrole nitrogens is 1. The van der Waals surface area contributed by atoms with E-state index in [-0.39, 0.29) is 5.91 Å². The van der Waals surface area contributed by atoms with Crippen molar-refractivity contribution < 1.29 is 4.79 Å². The van der Waals surface area contributed by atoms with Crippen molar-refractivity contribution >= 4 is 28.9 Å². The standard InChI is InChI=1S/C21H15N3O/c25-21-20(18-10-8-13-4-1-2-5-17(13)23-18)15-9-7-14(12-19(15)24-21)16-6-3-11-22-16/h1-12,22-23H,(H,24,25)/b20-18-. The number of nitrogens with one attached hydrogen (secondary N) is 3. The molecule has 1 aromatic heterocycles. The molecule has 0 spiro atoms. The van der Waals surface area contributed by atoms with E-state index in [0.717, 1.165) is 39.5 Å². The van der Waals surface area contributed by atoms with Crippen molar-refractivity contribution in [1.29, 1.82) is 0 Å². The van der Waals surface area contributed by atoms with E-state index in [9.17, 15) is 4.79 Å². The van der Waals surface area contributed by atoms with Gasteiger partial charge in [0.2, 0.25) is 0 Å². The summed E-state index contributed by atoms with van der Waals surface area (Å²) in [6, 6.07) is 18.1. The van der Waals surface area contributed by atoms with Crippen LogP contribution in [0.5, 0.6) is 0 Å². The van der Waals surface area contributed by atoms with Crippen molar-refractivity contribution in [1.82, 2.24) is 4.98 Å². The number of aromatic amines is 1. The number of carbonyl (C=O) groups excluding carboxylic acids is 1. The van der Waals surface area contributed by atoms with E-state index in [4.69, 9.17) is 0 Å². The van der Waals surface area contributed by atoms with Crippen LogP contribution in [-0.2, 0) is 4.79 Å². The number of allylic oxidation sites excluding steroid dienone is 1. The number of amides is 1. The normalized spacial score (nSPS) is 17.7. The highest BCUT2D eigenvalue weighted by Crippen LogP contribution is 2.38. The summed E-state index contributed by atoms with van der Waals surface area (Å²) in [5.74, 6) is -0.0785. The number of hydrogen-bond acceptors (Lipinski definition) is 2. The summed E-state index contributed by atoms with van der Waals surface area (Å²) in [5, 5.41) is 6.36. The Morgan fingerprint density at radius 3 is 2.60 bits per heavy atom. The second kappa shape index (κ2) is 5.24. The van der Waals surface area contributed by atoms with Gasteiger partial charge in [-0.2, -0.15) is 0 Å². The fraction of sp³-hybridized carbons (Fsp3) is 0. The second-order valence-corrected chi connectivity index (χ2v) is 6.13. The monoisotopic (exact) mass is 325 g/mol. The molecule has 3 heterocycles. The molecular weight excluding hydrogens is 310 g/mol. The van der Waals surface area contributed by atoms with Gasteiger partial charge in [0.1, 0.15) is 0 Å². The number of rotatable bonds is 1. The zero-order valence-electron chi connectivity index (χ0n) is 13.3. The molecule has 3 aromatic rings. The smallest absolute Gasteiger partial charge is 0.258 e. The SMILES string of the molecule is O=C1Nc2cc(-c3ccc[nH]3)ccc2/C1=C1\C=Cc2ccccc2N1. The van der Waals surface area contributed by atoms with Crippen molar-refractivity contribution in [3.63, 3.8) is 0 Å². The van der Waals surface area contributed by atoms with Gasteiger partial charge in [-0.15, -0.1) is 0 Å². The number of anilines is 2. The Morgan fingerprint density at radius 1 is 0.800 bits per heavy atom. The molecule has 4 heteroatoms. The first kappa shape index (κ1) is 13.9. The van der Waals surface area contributed by atoms with Crippen LogP contribution < -0.4 is 10.6 Å². The number of para-hydroxylation sites is 1. The Morgan fingerprint density at radius 2 is 1.72 bits per heavy atom. The summed E-state index contributed by atoms with van der Waals surface area (Å²) in [6.07, 6.45) is 5.89. The van der Waals surface area contributed by atoms with Crippen LogP contribution in [0.3, 0.4) is 0 Å². The predicted molar refractivity (Wildman–Crippen MR) is 101 cm³/mol. The number of aromatic nitrogens is 1. The van der Waals surface area contributed by atoms with Gasteiger partial charge in [0, 0.05) is 34.4 Å². The number of benzene rings is 2. The average molecular weight is 325 g/mol. The predicted octanol–water partition coefficient (Wildman–Crippen LogP) is 4.48. The number of hydrogen-bond donors (Lipinski definition) is 3. The van der Waals surface area contributed by atoms with Crippen LogP contribution in [0.15, 0.2) is 72.6 Å². The van der Waals surface area contributed by atoms with Crippen LogP contribution in [-0.4, -0.2) is 10.9 Å². The summed E-state index contributed by atoms with van der Waals surface area (Å²) in [5.41, 5.74) is 7.47. The maximum Gasteiger partial charge on any atom is 0.258 e. The maximum atomic E-state index is 12.6. The van der Waals surface area contributed by atoms with Gasteiger partial charge in [-0.1, -0.05) is 36.4 Å². The summed E-state index contributed by atoms with van der Waals surface area (Å²) in [6.45, 7) is 0. The maximum absolute atomic E-state index is 12.6. The molecule has 0 atom stereocenters. The molecule has 0 unspecified atom stereocenters. The summed E-state index contributed by atoms with van der Waals surface area (Å²) in [7, 11) is 0. The minimum atomic E-state index is -0.0785. The molecule has 0 bridgehead atoms. The van der Waals surface area contributed by atoms with Crippen molar-refractivity contribution in [3.05, 3.63) is 83.7 Å². The van der Waals surface area contributed by atoms with Crippen LogP contribution in [0.2, 0.25) is 0 Å². The quantitative estimate of drug-likeness (QED) is 0.578.